The lowest BCUT2D eigenvalue weighted by molar-refractivity contribution is 0.184. The van der Waals surface area contributed by atoms with E-state index in [1.807, 2.05) is 6.07 Å². The number of hydrogen-bond donors (Lipinski definition) is 1. The number of hydrogen-bond acceptors (Lipinski definition) is 4. The van der Waals surface area contributed by atoms with E-state index in [1.54, 1.807) is 12.1 Å². The van der Waals surface area contributed by atoms with Crippen LogP contribution in [-0.2, 0) is 0 Å². The highest BCUT2D eigenvalue weighted by Gasteiger charge is 2.25. The Hall–Kier alpha value is -1.60. The van der Waals surface area contributed by atoms with E-state index in [0.717, 1.165) is 19.3 Å². The van der Waals surface area contributed by atoms with Crippen molar-refractivity contribution in [3.63, 3.8) is 0 Å². The Morgan fingerprint density at radius 1 is 1.47 bits per heavy atom. The minimum atomic E-state index is 0.0745. The van der Waals surface area contributed by atoms with Crippen LogP contribution in [0.15, 0.2) is 18.3 Å². The average Bonchev–Trinajstić information content (AvgIpc) is 2.66. The predicted molar refractivity (Wildman–Crippen MR) is 55.2 cm³/mol. The number of nitrogens with zero attached hydrogens (tertiary/aromatic N) is 2. The Morgan fingerprint density at radius 3 is 2.87 bits per heavy atom. The van der Waals surface area contributed by atoms with E-state index in [-0.39, 0.29) is 12.1 Å². The number of aromatic nitrogens is 1. The van der Waals surface area contributed by atoms with Gasteiger partial charge < -0.3 is 10.5 Å². The van der Waals surface area contributed by atoms with Crippen molar-refractivity contribution in [1.29, 1.82) is 5.26 Å². The number of pyridine rings is 1. The molecule has 1 aliphatic rings. The van der Waals surface area contributed by atoms with Crippen molar-refractivity contribution in [2.24, 2.45) is 5.73 Å². The van der Waals surface area contributed by atoms with Gasteiger partial charge in [0.25, 0.3) is 0 Å². The lowest BCUT2D eigenvalue weighted by Gasteiger charge is -2.16. The van der Waals surface area contributed by atoms with Gasteiger partial charge in [0.1, 0.15) is 12.2 Å². The summed E-state index contributed by atoms with van der Waals surface area (Å²) in [6, 6.07) is 5.54. The maximum atomic E-state index is 8.60. The van der Waals surface area contributed by atoms with Crippen molar-refractivity contribution in [2.45, 2.75) is 31.4 Å². The van der Waals surface area contributed by atoms with E-state index in [0.29, 0.717) is 11.4 Å². The number of nitrogens with two attached hydrogens (primary N) is 1. The molecule has 0 aliphatic heterocycles. The van der Waals surface area contributed by atoms with Crippen LogP contribution >= 0.6 is 0 Å². The van der Waals surface area contributed by atoms with Crippen LogP contribution in [0.4, 0.5) is 0 Å². The molecule has 0 spiro atoms. The molecule has 15 heavy (non-hydrogen) atoms. The summed E-state index contributed by atoms with van der Waals surface area (Å²) in [5.41, 5.74) is 6.42. The molecule has 1 heterocycles. The van der Waals surface area contributed by atoms with Crippen molar-refractivity contribution in [3.8, 4) is 11.9 Å². The normalized spacial score (nSPS) is 24.8. The molecule has 1 aromatic heterocycles. The fourth-order valence-electron chi connectivity index (χ4n) is 1.77. The second-order valence-electron chi connectivity index (χ2n) is 3.75. The van der Waals surface area contributed by atoms with Gasteiger partial charge in [-0.2, -0.15) is 5.26 Å². The monoisotopic (exact) mass is 203 g/mol. The zero-order valence-corrected chi connectivity index (χ0v) is 8.39. The van der Waals surface area contributed by atoms with Gasteiger partial charge in [-0.25, -0.2) is 4.98 Å². The van der Waals surface area contributed by atoms with Gasteiger partial charge in [-0.05, 0) is 25.3 Å². The maximum Gasteiger partial charge on any atom is 0.213 e. The van der Waals surface area contributed by atoms with Gasteiger partial charge in [0.2, 0.25) is 5.88 Å². The van der Waals surface area contributed by atoms with Gasteiger partial charge >= 0.3 is 0 Å². The minimum absolute atomic E-state index is 0.0745. The summed E-state index contributed by atoms with van der Waals surface area (Å²) in [5, 5.41) is 8.60. The van der Waals surface area contributed by atoms with Gasteiger partial charge in [0, 0.05) is 18.3 Å². The molecule has 78 valence electrons. The smallest absolute Gasteiger partial charge is 0.213 e. The van der Waals surface area contributed by atoms with Gasteiger partial charge in [-0.1, -0.05) is 0 Å². The first-order valence-electron chi connectivity index (χ1n) is 5.08. The molecule has 0 saturated heterocycles. The third kappa shape index (κ3) is 2.25. The topological polar surface area (TPSA) is 71.9 Å². The molecular formula is C11H13N3O. The first-order valence-corrected chi connectivity index (χ1v) is 5.08. The van der Waals surface area contributed by atoms with Gasteiger partial charge in [-0.3, -0.25) is 0 Å². The Morgan fingerprint density at radius 2 is 2.33 bits per heavy atom. The Kier molecular flexibility index (Phi) is 2.84. The van der Waals surface area contributed by atoms with E-state index >= 15 is 0 Å². The molecule has 1 aromatic rings. The van der Waals surface area contributed by atoms with E-state index in [1.165, 1.54) is 6.20 Å². The molecular weight excluding hydrogens is 190 g/mol. The van der Waals surface area contributed by atoms with Gasteiger partial charge in [0.05, 0.1) is 5.56 Å². The van der Waals surface area contributed by atoms with Gasteiger partial charge in [-0.15, -0.1) is 0 Å². The van der Waals surface area contributed by atoms with Crippen LogP contribution < -0.4 is 10.5 Å². The zero-order valence-electron chi connectivity index (χ0n) is 8.39. The van der Waals surface area contributed by atoms with E-state index in [2.05, 4.69) is 4.98 Å². The summed E-state index contributed by atoms with van der Waals surface area (Å²) in [5.74, 6) is 0.552. The third-order valence-electron chi connectivity index (χ3n) is 2.64. The second-order valence-corrected chi connectivity index (χ2v) is 3.75. The molecule has 2 N–H and O–H groups in total. The Balaban J connectivity index is 2.02. The quantitative estimate of drug-likeness (QED) is 0.784. The lowest BCUT2D eigenvalue weighted by atomic mass is 10.2. The zero-order chi connectivity index (χ0) is 10.7. The van der Waals surface area contributed by atoms with E-state index < -0.39 is 0 Å². The van der Waals surface area contributed by atoms with Crippen LogP contribution in [0.1, 0.15) is 24.8 Å². The molecule has 0 radical (unpaired) electrons. The van der Waals surface area contributed by atoms with E-state index in [4.69, 9.17) is 15.7 Å². The molecule has 4 nitrogen and oxygen atoms in total. The fourth-order valence-corrected chi connectivity index (χ4v) is 1.77. The van der Waals surface area contributed by atoms with Crippen LogP contribution in [0.3, 0.4) is 0 Å². The SMILES string of the molecule is N#Cc1ccc(OC2CCCC2N)nc1. The van der Waals surface area contributed by atoms with Gasteiger partial charge in [0.15, 0.2) is 0 Å². The highest BCUT2D eigenvalue weighted by Crippen LogP contribution is 2.22. The highest BCUT2D eigenvalue weighted by molar-refractivity contribution is 5.28. The molecule has 0 bridgehead atoms. The maximum absolute atomic E-state index is 8.60. The first kappa shape index (κ1) is 9.94. The van der Waals surface area contributed by atoms with Crippen LogP contribution in [0.2, 0.25) is 0 Å². The van der Waals surface area contributed by atoms with Crippen molar-refractivity contribution in [2.75, 3.05) is 0 Å². The van der Waals surface area contributed by atoms with Crippen molar-refractivity contribution in [3.05, 3.63) is 23.9 Å². The average molecular weight is 203 g/mol. The van der Waals surface area contributed by atoms with E-state index in [9.17, 15) is 0 Å². The Labute approximate surface area is 88.7 Å². The standard InChI is InChI=1S/C11H13N3O/c12-6-8-4-5-11(14-7-8)15-10-3-1-2-9(10)13/h4-5,7,9-10H,1-3,13H2. The molecule has 1 aliphatic carbocycles. The van der Waals surface area contributed by atoms with Crippen LogP contribution in [0, 0.1) is 11.3 Å². The van der Waals surface area contributed by atoms with Crippen LogP contribution in [-0.4, -0.2) is 17.1 Å². The van der Waals surface area contributed by atoms with Crippen LogP contribution in [0.25, 0.3) is 0 Å². The molecule has 2 rings (SSSR count). The number of nitriles is 1. The molecule has 1 fully saturated rings. The van der Waals surface area contributed by atoms with Crippen molar-refractivity contribution >= 4 is 0 Å². The summed E-state index contributed by atoms with van der Waals surface area (Å²) >= 11 is 0. The Bertz CT molecular complexity index is 368. The molecule has 0 amide bonds. The summed E-state index contributed by atoms with van der Waals surface area (Å²) in [7, 11) is 0. The summed E-state index contributed by atoms with van der Waals surface area (Å²) in [4.78, 5) is 4.05. The molecule has 0 aromatic carbocycles. The predicted octanol–water partition coefficient (Wildman–Crippen LogP) is 1.21. The summed E-state index contributed by atoms with van der Waals surface area (Å²) in [6.45, 7) is 0. The minimum Gasteiger partial charge on any atom is -0.473 e. The molecule has 4 heteroatoms. The largest absolute Gasteiger partial charge is 0.473 e. The second kappa shape index (κ2) is 4.28. The number of ether oxygens (including phenoxy) is 1. The fraction of sp³-hybridized carbons (Fsp3) is 0.455. The lowest BCUT2D eigenvalue weighted by Crippen LogP contribution is -2.33. The molecule has 1 saturated carbocycles. The highest BCUT2D eigenvalue weighted by atomic mass is 16.5. The number of rotatable bonds is 2. The molecule has 2 atom stereocenters. The van der Waals surface area contributed by atoms with Crippen LogP contribution in [0.5, 0.6) is 5.88 Å². The van der Waals surface area contributed by atoms with Crippen molar-refractivity contribution in [1.82, 2.24) is 4.98 Å². The first-order chi connectivity index (χ1) is 7.29. The summed E-state index contributed by atoms with van der Waals surface area (Å²) < 4.78 is 5.64. The third-order valence-corrected chi connectivity index (χ3v) is 2.64. The van der Waals surface area contributed by atoms with Crippen molar-refractivity contribution < 1.29 is 4.74 Å². The summed E-state index contributed by atoms with van der Waals surface area (Å²) in [6.07, 6.45) is 4.70. The molecule has 2 unspecified atom stereocenters.